The van der Waals surface area contributed by atoms with E-state index in [4.69, 9.17) is 24.3 Å². The van der Waals surface area contributed by atoms with Crippen molar-refractivity contribution in [2.45, 2.75) is 64.9 Å². The van der Waals surface area contributed by atoms with Gasteiger partial charge in [0.1, 0.15) is 30.7 Å². The molecule has 3 N–H and O–H groups in total. The summed E-state index contributed by atoms with van der Waals surface area (Å²) in [6.07, 6.45) is 3.45. The van der Waals surface area contributed by atoms with E-state index in [1.807, 2.05) is 6.92 Å². The second-order valence-corrected chi connectivity index (χ2v) is 10.3. The maximum absolute atomic E-state index is 13.3. The second-order valence-electron chi connectivity index (χ2n) is 8.54. The number of hydrogen-bond acceptors (Lipinski definition) is 10. The molecule has 12 nitrogen and oxygen atoms in total. The largest absolute Gasteiger partial charge is 0.464 e. The molecule has 2 aliphatic rings. The Hall–Kier alpha value is -2.11. The molecule has 0 bridgehead atoms. The van der Waals surface area contributed by atoms with Crippen LogP contribution in [0.3, 0.4) is 0 Å². The Balaban J connectivity index is 1.42. The third-order valence-electron chi connectivity index (χ3n) is 6.32. The highest BCUT2D eigenvalue weighted by Gasteiger charge is 2.52. The molecule has 4 heterocycles. The highest BCUT2D eigenvalue weighted by atomic mass is 31.2. The first-order chi connectivity index (χ1) is 15.8. The van der Waals surface area contributed by atoms with E-state index in [0.29, 0.717) is 23.9 Å². The minimum absolute atomic E-state index is 0.0547. The van der Waals surface area contributed by atoms with E-state index >= 15 is 0 Å². The third-order valence-corrected chi connectivity index (χ3v) is 8.04. The number of nitrogen functional groups attached to an aromatic ring is 1. The molecule has 182 valence electrons. The third kappa shape index (κ3) is 4.76. The molecule has 6 unspecified atom stereocenters. The van der Waals surface area contributed by atoms with Crippen molar-refractivity contribution in [3.63, 3.8) is 0 Å². The van der Waals surface area contributed by atoms with Crippen LogP contribution in [0, 0.1) is 11.8 Å². The SMILES string of the molecule is CCC(CC)COC(=O)C(C)NP1(=O)OCC2OC(c3cnc4c(N)ncnn34)C(C)C2O1. The summed E-state index contributed by atoms with van der Waals surface area (Å²) in [5, 5.41) is 6.92. The Labute approximate surface area is 192 Å². The van der Waals surface area contributed by atoms with Gasteiger partial charge in [-0.2, -0.15) is 5.10 Å². The summed E-state index contributed by atoms with van der Waals surface area (Å²) in [6, 6.07) is -0.853. The summed E-state index contributed by atoms with van der Waals surface area (Å²) in [6.45, 7) is 7.99. The fourth-order valence-electron chi connectivity index (χ4n) is 4.15. The van der Waals surface area contributed by atoms with Gasteiger partial charge in [0.05, 0.1) is 25.1 Å². The topological polar surface area (TPSA) is 152 Å². The first-order valence-corrected chi connectivity index (χ1v) is 12.8. The minimum Gasteiger partial charge on any atom is -0.464 e. The Morgan fingerprint density at radius 3 is 2.88 bits per heavy atom. The van der Waals surface area contributed by atoms with Gasteiger partial charge in [0, 0.05) is 5.92 Å². The van der Waals surface area contributed by atoms with Crippen molar-refractivity contribution < 1.29 is 27.9 Å². The fraction of sp³-hybridized carbons (Fsp3) is 0.700. The predicted molar refractivity (Wildman–Crippen MR) is 118 cm³/mol. The van der Waals surface area contributed by atoms with Crippen molar-refractivity contribution in [1.29, 1.82) is 0 Å². The van der Waals surface area contributed by atoms with Crippen LogP contribution in [-0.2, 0) is 27.9 Å². The Kier molecular flexibility index (Phi) is 7.01. The predicted octanol–water partition coefficient (Wildman–Crippen LogP) is 2.26. The quantitative estimate of drug-likeness (QED) is 0.421. The zero-order chi connectivity index (χ0) is 23.8. The van der Waals surface area contributed by atoms with E-state index in [9.17, 15) is 9.36 Å². The minimum atomic E-state index is -3.75. The van der Waals surface area contributed by atoms with Crippen LogP contribution in [0.25, 0.3) is 5.65 Å². The van der Waals surface area contributed by atoms with E-state index in [1.165, 1.54) is 6.33 Å². The second kappa shape index (κ2) is 9.63. The molecule has 0 spiro atoms. The number of esters is 1. The lowest BCUT2D eigenvalue weighted by Gasteiger charge is -2.33. The Morgan fingerprint density at radius 2 is 2.15 bits per heavy atom. The van der Waals surface area contributed by atoms with E-state index in [2.05, 4.69) is 34.0 Å². The highest BCUT2D eigenvalue weighted by molar-refractivity contribution is 7.51. The number of nitrogens with one attached hydrogen (secondary N) is 1. The number of nitrogens with two attached hydrogens (primary N) is 1. The summed E-state index contributed by atoms with van der Waals surface area (Å²) >= 11 is 0. The van der Waals surface area contributed by atoms with Crippen molar-refractivity contribution in [2.24, 2.45) is 11.8 Å². The average Bonchev–Trinajstić information content (AvgIpc) is 3.36. The van der Waals surface area contributed by atoms with E-state index in [-0.39, 0.29) is 18.3 Å². The van der Waals surface area contributed by atoms with Gasteiger partial charge in [-0.1, -0.05) is 33.6 Å². The summed E-state index contributed by atoms with van der Waals surface area (Å²) < 4.78 is 37.7. The van der Waals surface area contributed by atoms with Crippen molar-refractivity contribution >= 4 is 25.2 Å². The van der Waals surface area contributed by atoms with Crippen molar-refractivity contribution in [3.05, 3.63) is 18.2 Å². The number of rotatable bonds is 8. The van der Waals surface area contributed by atoms with Crippen LogP contribution < -0.4 is 10.8 Å². The van der Waals surface area contributed by atoms with Crippen molar-refractivity contribution in [3.8, 4) is 0 Å². The van der Waals surface area contributed by atoms with E-state index in [0.717, 1.165) is 12.8 Å². The van der Waals surface area contributed by atoms with Crippen LogP contribution in [0.5, 0.6) is 0 Å². The van der Waals surface area contributed by atoms with Gasteiger partial charge in [0.15, 0.2) is 11.5 Å². The molecule has 33 heavy (non-hydrogen) atoms. The molecule has 0 radical (unpaired) electrons. The first kappa shape index (κ1) is 24.0. The molecule has 6 atom stereocenters. The standard InChI is InChI=1S/C20H31N6O6P/c1-5-13(6-2)8-29-20(27)12(4)25-33(28)30-9-15-17(32-33)11(3)16(31-15)14-7-22-19-18(21)23-10-24-26(14)19/h7,10-13,15-17H,5-6,8-9H2,1-4H3,(H,25,28)(H2,21,23,24). The molecular weight excluding hydrogens is 451 g/mol. The maximum atomic E-state index is 13.3. The number of imidazole rings is 1. The molecule has 2 fully saturated rings. The summed E-state index contributed by atoms with van der Waals surface area (Å²) in [5.41, 5.74) is 7.00. The number of nitrogens with zero attached hydrogens (tertiary/aromatic N) is 4. The van der Waals surface area contributed by atoms with Crippen LogP contribution in [0.2, 0.25) is 0 Å². The fourth-order valence-corrected chi connectivity index (χ4v) is 5.92. The number of carbonyl (C=O) groups is 1. The lowest BCUT2D eigenvalue weighted by Crippen LogP contribution is -2.42. The number of hydrogen-bond donors (Lipinski definition) is 2. The summed E-state index contributed by atoms with van der Waals surface area (Å²) in [4.78, 5) is 20.6. The number of anilines is 1. The van der Waals surface area contributed by atoms with Gasteiger partial charge in [-0.3, -0.25) is 13.8 Å². The van der Waals surface area contributed by atoms with Gasteiger partial charge >= 0.3 is 13.7 Å². The summed E-state index contributed by atoms with van der Waals surface area (Å²) in [5.74, 6) is -0.128. The van der Waals surface area contributed by atoms with Gasteiger partial charge in [0.2, 0.25) is 0 Å². The van der Waals surface area contributed by atoms with Crippen LogP contribution in [0.4, 0.5) is 5.82 Å². The number of aromatic nitrogens is 4. The van der Waals surface area contributed by atoms with Crippen LogP contribution in [-0.4, -0.2) is 57.0 Å². The van der Waals surface area contributed by atoms with Crippen molar-refractivity contribution in [2.75, 3.05) is 18.9 Å². The molecule has 0 aliphatic carbocycles. The zero-order valence-electron chi connectivity index (χ0n) is 19.2. The average molecular weight is 482 g/mol. The molecular formula is C20H31N6O6P. The van der Waals surface area contributed by atoms with Gasteiger partial charge < -0.3 is 15.2 Å². The zero-order valence-corrected chi connectivity index (χ0v) is 20.1. The Bertz CT molecular complexity index is 1050. The first-order valence-electron chi connectivity index (χ1n) is 11.2. The van der Waals surface area contributed by atoms with Gasteiger partial charge in [-0.15, -0.1) is 0 Å². The molecule has 2 saturated heterocycles. The lowest BCUT2D eigenvalue weighted by atomic mass is 9.97. The number of fused-ring (bicyclic) bond motifs is 2. The van der Waals surface area contributed by atoms with E-state index in [1.54, 1.807) is 17.6 Å². The molecule has 2 aromatic heterocycles. The maximum Gasteiger partial charge on any atom is 0.406 e. The summed E-state index contributed by atoms with van der Waals surface area (Å²) in [7, 11) is -3.75. The molecule has 2 aromatic rings. The van der Waals surface area contributed by atoms with Gasteiger partial charge in [-0.05, 0) is 12.8 Å². The van der Waals surface area contributed by atoms with Crippen LogP contribution in [0.1, 0.15) is 52.3 Å². The van der Waals surface area contributed by atoms with Gasteiger partial charge in [-0.25, -0.2) is 24.1 Å². The van der Waals surface area contributed by atoms with Gasteiger partial charge in [0.25, 0.3) is 0 Å². The molecule has 13 heteroatoms. The monoisotopic (exact) mass is 482 g/mol. The molecule has 0 amide bonds. The van der Waals surface area contributed by atoms with Crippen LogP contribution in [0.15, 0.2) is 12.5 Å². The smallest absolute Gasteiger partial charge is 0.406 e. The normalized spacial score (nSPS) is 30.5. The molecule has 0 saturated carbocycles. The lowest BCUT2D eigenvalue weighted by molar-refractivity contribution is -0.147. The van der Waals surface area contributed by atoms with E-state index < -0.39 is 38.1 Å². The molecule has 0 aromatic carbocycles. The highest BCUT2D eigenvalue weighted by Crippen LogP contribution is 2.55. The van der Waals surface area contributed by atoms with Crippen molar-refractivity contribution in [1.82, 2.24) is 24.7 Å². The molecule has 4 rings (SSSR count). The number of carbonyl (C=O) groups excluding carboxylic acids is 1. The Morgan fingerprint density at radius 1 is 1.39 bits per heavy atom. The number of ether oxygens (including phenoxy) is 2. The van der Waals surface area contributed by atoms with Crippen LogP contribution >= 0.6 is 7.75 Å². The molecule has 2 aliphatic heterocycles.